The molecule has 0 bridgehead atoms. The molecule has 4 aromatic rings. The molecule has 0 aliphatic rings. The number of carbonyl (C=O) groups excluding carboxylic acids is 1. The second kappa shape index (κ2) is 9.52. The Bertz CT molecular complexity index is 1160. The first kappa shape index (κ1) is 20.7. The number of fused-ring (bicyclic) bond motifs is 1. The van der Waals surface area contributed by atoms with Gasteiger partial charge in [0.2, 0.25) is 0 Å². The molecule has 0 unspecified atom stereocenters. The van der Waals surface area contributed by atoms with E-state index in [-0.39, 0.29) is 5.78 Å². The van der Waals surface area contributed by atoms with Crippen molar-refractivity contribution >= 4 is 22.4 Å². The largest absolute Gasteiger partial charge is 0.497 e. The Balaban J connectivity index is 1.67. The van der Waals surface area contributed by atoms with E-state index < -0.39 is 0 Å². The van der Waals surface area contributed by atoms with Gasteiger partial charge in [-0.25, -0.2) is 0 Å². The smallest absolute Gasteiger partial charge is 0.197 e. The zero-order valence-corrected chi connectivity index (χ0v) is 18.0. The standard InChI is InChI=1S/C27H27NO3/c1-3-4-7-18-28-21-14-10-19(11-15-21)26(29)25-23-8-5-6-9-24(23)31-27(25)20-12-16-22(30-2)17-13-20/h5-6,8-17,28H,3-4,7,18H2,1-2H3. The van der Waals surface area contributed by atoms with Crippen LogP contribution in [-0.4, -0.2) is 19.4 Å². The fraction of sp³-hybridized carbons (Fsp3) is 0.222. The van der Waals surface area contributed by atoms with Crippen molar-refractivity contribution in [3.05, 3.63) is 83.9 Å². The molecule has 0 fully saturated rings. The van der Waals surface area contributed by atoms with Gasteiger partial charge >= 0.3 is 0 Å². The average molecular weight is 414 g/mol. The van der Waals surface area contributed by atoms with Crippen LogP contribution in [0.15, 0.2) is 77.2 Å². The normalized spacial score (nSPS) is 10.9. The fourth-order valence-electron chi connectivity index (χ4n) is 3.71. The van der Waals surface area contributed by atoms with Crippen molar-refractivity contribution in [3.63, 3.8) is 0 Å². The van der Waals surface area contributed by atoms with Crippen molar-refractivity contribution in [3.8, 4) is 17.1 Å². The second-order valence-electron chi connectivity index (χ2n) is 7.57. The number of benzene rings is 3. The number of unbranched alkanes of at least 4 members (excludes halogenated alkanes) is 2. The predicted molar refractivity (Wildman–Crippen MR) is 126 cm³/mol. The summed E-state index contributed by atoms with van der Waals surface area (Å²) in [5.74, 6) is 1.29. The first-order chi connectivity index (χ1) is 15.2. The van der Waals surface area contributed by atoms with E-state index in [4.69, 9.17) is 9.15 Å². The molecule has 0 saturated heterocycles. The van der Waals surface area contributed by atoms with Crippen molar-refractivity contribution < 1.29 is 13.9 Å². The number of furan rings is 1. The minimum absolute atomic E-state index is 0.0479. The van der Waals surface area contributed by atoms with Gasteiger partial charge in [-0.1, -0.05) is 38.0 Å². The lowest BCUT2D eigenvalue weighted by Crippen LogP contribution is -2.04. The van der Waals surface area contributed by atoms with Gasteiger partial charge in [-0.3, -0.25) is 4.79 Å². The summed E-state index contributed by atoms with van der Waals surface area (Å²) in [4.78, 5) is 13.5. The molecule has 158 valence electrons. The summed E-state index contributed by atoms with van der Waals surface area (Å²) < 4.78 is 11.4. The Hall–Kier alpha value is -3.53. The third-order valence-electron chi connectivity index (χ3n) is 5.43. The Morgan fingerprint density at radius 1 is 0.935 bits per heavy atom. The summed E-state index contributed by atoms with van der Waals surface area (Å²) in [7, 11) is 1.63. The third-order valence-corrected chi connectivity index (χ3v) is 5.43. The molecule has 0 saturated carbocycles. The van der Waals surface area contributed by atoms with Crippen LogP contribution in [0.25, 0.3) is 22.3 Å². The lowest BCUT2D eigenvalue weighted by molar-refractivity contribution is 0.104. The number of ether oxygens (including phenoxy) is 1. The van der Waals surface area contributed by atoms with E-state index in [9.17, 15) is 4.79 Å². The topological polar surface area (TPSA) is 51.5 Å². The van der Waals surface area contributed by atoms with Gasteiger partial charge in [0.15, 0.2) is 5.78 Å². The molecule has 0 aliphatic carbocycles. The van der Waals surface area contributed by atoms with Gasteiger partial charge in [-0.05, 0) is 61.0 Å². The minimum atomic E-state index is -0.0479. The van der Waals surface area contributed by atoms with Crippen molar-refractivity contribution in [2.45, 2.75) is 26.2 Å². The van der Waals surface area contributed by atoms with Crippen LogP contribution in [0, 0.1) is 0 Å². The van der Waals surface area contributed by atoms with Gasteiger partial charge in [-0.2, -0.15) is 0 Å². The number of hydrogen-bond donors (Lipinski definition) is 1. The highest BCUT2D eigenvalue weighted by Gasteiger charge is 2.23. The summed E-state index contributed by atoms with van der Waals surface area (Å²) in [6.07, 6.45) is 3.55. The monoisotopic (exact) mass is 413 g/mol. The number of anilines is 1. The van der Waals surface area contributed by atoms with Crippen LogP contribution >= 0.6 is 0 Å². The molecular weight excluding hydrogens is 386 g/mol. The molecule has 3 aromatic carbocycles. The number of para-hydroxylation sites is 1. The van der Waals surface area contributed by atoms with E-state index in [0.717, 1.165) is 35.4 Å². The van der Waals surface area contributed by atoms with Crippen LogP contribution in [0.5, 0.6) is 5.75 Å². The molecule has 0 amide bonds. The van der Waals surface area contributed by atoms with Crippen molar-refractivity contribution in [2.75, 3.05) is 19.0 Å². The molecule has 4 heteroatoms. The lowest BCUT2D eigenvalue weighted by Gasteiger charge is -2.08. The number of methoxy groups -OCH3 is 1. The molecule has 4 rings (SSSR count). The molecule has 0 spiro atoms. The Morgan fingerprint density at radius 2 is 1.68 bits per heavy atom. The van der Waals surface area contributed by atoms with E-state index in [2.05, 4.69) is 12.2 Å². The number of ketones is 1. The maximum absolute atomic E-state index is 13.5. The number of carbonyl (C=O) groups is 1. The summed E-state index contributed by atoms with van der Waals surface area (Å²) >= 11 is 0. The summed E-state index contributed by atoms with van der Waals surface area (Å²) in [5.41, 5.74) is 3.80. The van der Waals surface area contributed by atoms with E-state index in [1.54, 1.807) is 7.11 Å². The van der Waals surface area contributed by atoms with Gasteiger partial charge in [0.25, 0.3) is 0 Å². The van der Waals surface area contributed by atoms with Crippen LogP contribution in [0.4, 0.5) is 5.69 Å². The fourth-order valence-corrected chi connectivity index (χ4v) is 3.71. The summed E-state index contributed by atoms with van der Waals surface area (Å²) in [6.45, 7) is 3.13. The zero-order valence-electron chi connectivity index (χ0n) is 18.0. The highest BCUT2D eigenvalue weighted by atomic mass is 16.5. The van der Waals surface area contributed by atoms with Gasteiger partial charge in [0.05, 0.1) is 12.7 Å². The second-order valence-corrected chi connectivity index (χ2v) is 7.57. The van der Waals surface area contributed by atoms with E-state index >= 15 is 0 Å². The number of nitrogens with one attached hydrogen (secondary N) is 1. The predicted octanol–water partition coefficient (Wildman–Crippen LogP) is 6.94. The molecule has 31 heavy (non-hydrogen) atoms. The van der Waals surface area contributed by atoms with Crippen molar-refractivity contribution in [1.29, 1.82) is 0 Å². The quantitative estimate of drug-likeness (QED) is 0.238. The van der Waals surface area contributed by atoms with Gasteiger partial charge < -0.3 is 14.5 Å². The molecule has 4 nitrogen and oxygen atoms in total. The first-order valence-electron chi connectivity index (χ1n) is 10.8. The molecule has 0 aliphatic heterocycles. The Labute approximate surface area is 182 Å². The third kappa shape index (κ3) is 4.48. The minimum Gasteiger partial charge on any atom is -0.497 e. The maximum Gasteiger partial charge on any atom is 0.197 e. The van der Waals surface area contributed by atoms with E-state index in [1.165, 1.54) is 12.8 Å². The Kier molecular flexibility index (Phi) is 6.37. The first-order valence-corrected chi connectivity index (χ1v) is 10.8. The molecular formula is C27H27NO3. The SMILES string of the molecule is CCCCCNc1ccc(C(=O)c2c(-c3ccc(OC)cc3)oc3ccccc23)cc1. The van der Waals surface area contributed by atoms with E-state index in [0.29, 0.717) is 22.5 Å². The number of hydrogen-bond acceptors (Lipinski definition) is 4. The molecule has 1 N–H and O–H groups in total. The van der Waals surface area contributed by atoms with Crippen LogP contribution in [0.2, 0.25) is 0 Å². The highest BCUT2D eigenvalue weighted by molar-refractivity contribution is 6.19. The van der Waals surface area contributed by atoms with Crippen molar-refractivity contribution in [1.82, 2.24) is 0 Å². The lowest BCUT2D eigenvalue weighted by atomic mass is 9.97. The van der Waals surface area contributed by atoms with Crippen LogP contribution < -0.4 is 10.1 Å². The maximum atomic E-state index is 13.5. The zero-order chi connectivity index (χ0) is 21.6. The molecule has 0 atom stereocenters. The average Bonchev–Trinajstić information content (AvgIpc) is 3.21. The van der Waals surface area contributed by atoms with Crippen LogP contribution in [0.1, 0.15) is 42.1 Å². The highest BCUT2D eigenvalue weighted by Crippen LogP contribution is 2.36. The number of rotatable bonds is 9. The summed E-state index contributed by atoms with van der Waals surface area (Å²) in [6, 6.07) is 22.9. The Morgan fingerprint density at radius 3 is 2.39 bits per heavy atom. The van der Waals surface area contributed by atoms with E-state index in [1.807, 2.05) is 72.8 Å². The van der Waals surface area contributed by atoms with Gasteiger partial charge in [0, 0.05) is 28.7 Å². The summed E-state index contributed by atoms with van der Waals surface area (Å²) in [5, 5.41) is 4.24. The van der Waals surface area contributed by atoms with Crippen LogP contribution in [0.3, 0.4) is 0 Å². The molecule has 1 heterocycles. The van der Waals surface area contributed by atoms with Crippen LogP contribution in [-0.2, 0) is 0 Å². The molecule has 1 aromatic heterocycles. The van der Waals surface area contributed by atoms with Gasteiger partial charge in [0.1, 0.15) is 17.1 Å². The van der Waals surface area contributed by atoms with Crippen molar-refractivity contribution in [2.24, 2.45) is 0 Å². The van der Waals surface area contributed by atoms with Gasteiger partial charge in [-0.15, -0.1) is 0 Å². The molecule has 0 radical (unpaired) electrons.